The molecule has 0 nitrogen and oxygen atoms in total. The maximum absolute atomic E-state index is 3.25. The minimum atomic E-state index is -1.05. The molecule has 1 aliphatic heterocycles. The van der Waals surface area contributed by atoms with Crippen LogP contribution in [0.1, 0.15) is 12.8 Å². The van der Waals surface area contributed by atoms with E-state index >= 15 is 0 Å². The fourth-order valence-corrected chi connectivity index (χ4v) is 2.30. The molecule has 0 atom stereocenters. The van der Waals surface area contributed by atoms with Crippen molar-refractivity contribution in [3.05, 3.63) is 0 Å². The molecule has 0 bridgehead atoms. The van der Waals surface area contributed by atoms with E-state index in [0.717, 1.165) is 24.9 Å². The Kier molecular flexibility index (Phi) is 2.80. The smallest absolute Gasteiger partial charge is 0.0730 e. The minimum Gasteiger partial charge on any atom is -0.106 e. The molecule has 1 aliphatic rings. The molecule has 58 valence electrons. The maximum atomic E-state index is 3.25. The van der Waals surface area contributed by atoms with Crippen LogP contribution in [-0.4, -0.2) is 8.07 Å². The lowest BCUT2D eigenvalue weighted by atomic mass is 10.3. The fraction of sp³-hybridized carbons (Fsp3) is 0.600. The zero-order valence-electron chi connectivity index (χ0n) is 7.33. The largest absolute Gasteiger partial charge is 0.106 e. The Morgan fingerprint density at radius 2 is 1.27 bits per heavy atom. The van der Waals surface area contributed by atoms with E-state index in [-0.39, 0.29) is 0 Å². The van der Waals surface area contributed by atoms with E-state index in [1.165, 1.54) is 0 Å². The van der Waals surface area contributed by atoms with Gasteiger partial charge in [0.1, 0.15) is 0 Å². The summed E-state index contributed by atoms with van der Waals surface area (Å²) in [6.45, 7) is 4.73. The zero-order chi connectivity index (χ0) is 8.16. The molecule has 0 saturated heterocycles. The van der Waals surface area contributed by atoms with Gasteiger partial charge in [-0.25, -0.2) is 0 Å². The average molecular weight is 162 g/mol. The highest BCUT2D eigenvalue weighted by Crippen LogP contribution is 2.13. The van der Waals surface area contributed by atoms with Crippen molar-refractivity contribution in [2.24, 2.45) is 0 Å². The molecule has 11 heavy (non-hydrogen) atoms. The standard InChI is InChI=1S/C10H14Si/c1-11(2)9-7-5-3-4-6-8-10-11/h3-4,9-10H2,1-2H3. The van der Waals surface area contributed by atoms with E-state index in [1.54, 1.807) is 0 Å². The highest BCUT2D eigenvalue weighted by atomic mass is 28.3. The molecule has 0 aromatic carbocycles. The Labute approximate surface area is 70.4 Å². The number of rotatable bonds is 0. The third-order valence-electron chi connectivity index (χ3n) is 1.76. The van der Waals surface area contributed by atoms with Crippen molar-refractivity contribution in [3.8, 4) is 23.7 Å². The van der Waals surface area contributed by atoms with Gasteiger partial charge < -0.3 is 0 Å². The van der Waals surface area contributed by atoms with Gasteiger partial charge in [0, 0.05) is 24.9 Å². The van der Waals surface area contributed by atoms with Gasteiger partial charge in [-0.1, -0.05) is 13.1 Å². The molecule has 0 unspecified atom stereocenters. The molecule has 0 N–H and O–H groups in total. The first kappa shape index (κ1) is 8.43. The third-order valence-corrected chi connectivity index (χ3v) is 4.03. The van der Waals surface area contributed by atoms with Crippen molar-refractivity contribution in [3.63, 3.8) is 0 Å². The minimum absolute atomic E-state index is 0.970. The number of hydrogen-bond acceptors (Lipinski definition) is 0. The van der Waals surface area contributed by atoms with Crippen LogP contribution in [0.4, 0.5) is 0 Å². The summed E-state index contributed by atoms with van der Waals surface area (Å²) in [5, 5.41) is 0. The first-order valence-corrected chi connectivity index (χ1v) is 7.54. The van der Waals surface area contributed by atoms with Gasteiger partial charge in [-0.05, 0) is 0 Å². The van der Waals surface area contributed by atoms with Crippen LogP contribution in [0.3, 0.4) is 0 Å². The summed E-state index contributed by atoms with van der Waals surface area (Å²) >= 11 is 0. The Morgan fingerprint density at radius 1 is 0.818 bits per heavy atom. The van der Waals surface area contributed by atoms with Crippen LogP contribution >= 0.6 is 0 Å². The molecule has 1 rings (SSSR count). The van der Waals surface area contributed by atoms with Crippen molar-refractivity contribution in [2.75, 3.05) is 0 Å². The summed E-state index contributed by atoms with van der Waals surface area (Å²) in [6.07, 6.45) is 1.94. The van der Waals surface area contributed by atoms with Crippen LogP contribution in [0.15, 0.2) is 0 Å². The van der Waals surface area contributed by atoms with Gasteiger partial charge in [-0.3, -0.25) is 0 Å². The number of hydrogen-bond donors (Lipinski definition) is 0. The molecule has 0 aromatic heterocycles. The normalized spacial score (nSPS) is 20.9. The fourth-order valence-electron chi connectivity index (χ4n) is 0.968. The van der Waals surface area contributed by atoms with E-state index in [4.69, 9.17) is 0 Å². The van der Waals surface area contributed by atoms with Crippen molar-refractivity contribution < 1.29 is 0 Å². The van der Waals surface area contributed by atoms with Crippen LogP contribution in [0.2, 0.25) is 25.2 Å². The summed E-state index contributed by atoms with van der Waals surface area (Å²) in [4.78, 5) is 0. The second kappa shape index (κ2) is 3.65. The SMILES string of the molecule is C[Si]1(C)CC#CCCC#CC1. The van der Waals surface area contributed by atoms with E-state index in [1.807, 2.05) is 0 Å². The van der Waals surface area contributed by atoms with Crippen LogP contribution < -0.4 is 0 Å². The van der Waals surface area contributed by atoms with Crippen molar-refractivity contribution in [1.29, 1.82) is 0 Å². The first-order chi connectivity index (χ1) is 5.21. The van der Waals surface area contributed by atoms with Gasteiger partial charge in [-0.2, -0.15) is 0 Å². The Bertz CT molecular complexity index is 216. The molecule has 0 radical (unpaired) electrons. The molecular weight excluding hydrogens is 148 g/mol. The Morgan fingerprint density at radius 3 is 1.73 bits per heavy atom. The van der Waals surface area contributed by atoms with E-state index in [9.17, 15) is 0 Å². The maximum Gasteiger partial charge on any atom is 0.0730 e. The summed E-state index contributed by atoms with van der Waals surface area (Å²) in [5.41, 5.74) is 0. The predicted molar refractivity (Wildman–Crippen MR) is 51.9 cm³/mol. The highest BCUT2D eigenvalue weighted by Gasteiger charge is 2.17. The molecule has 0 aromatic rings. The van der Waals surface area contributed by atoms with Crippen molar-refractivity contribution >= 4 is 8.07 Å². The monoisotopic (exact) mass is 162 g/mol. The lowest BCUT2D eigenvalue weighted by Crippen LogP contribution is -2.22. The van der Waals surface area contributed by atoms with Gasteiger partial charge in [-0.15, -0.1) is 23.7 Å². The van der Waals surface area contributed by atoms with Crippen molar-refractivity contribution in [2.45, 2.75) is 38.0 Å². The topological polar surface area (TPSA) is 0 Å². The highest BCUT2D eigenvalue weighted by molar-refractivity contribution is 6.78. The van der Waals surface area contributed by atoms with Gasteiger partial charge in [0.05, 0.1) is 8.07 Å². The summed E-state index contributed by atoms with van der Waals surface area (Å²) in [7, 11) is -1.05. The van der Waals surface area contributed by atoms with Gasteiger partial charge in [0.15, 0.2) is 0 Å². The van der Waals surface area contributed by atoms with Gasteiger partial charge in [0.2, 0.25) is 0 Å². The molecule has 0 spiro atoms. The quantitative estimate of drug-likeness (QED) is 0.379. The summed E-state index contributed by atoms with van der Waals surface area (Å²) < 4.78 is 0. The predicted octanol–water partition coefficient (Wildman–Crippen LogP) is 2.50. The molecule has 0 aliphatic carbocycles. The molecule has 0 saturated carbocycles. The van der Waals surface area contributed by atoms with E-state index < -0.39 is 8.07 Å². The van der Waals surface area contributed by atoms with E-state index in [0.29, 0.717) is 0 Å². The average Bonchev–Trinajstić information content (AvgIpc) is 2.00. The Balaban J connectivity index is 2.65. The molecule has 0 fully saturated rings. The third kappa shape index (κ3) is 3.30. The zero-order valence-corrected chi connectivity index (χ0v) is 8.33. The van der Waals surface area contributed by atoms with Crippen LogP contribution in [0.5, 0.6) is 0 Å². The second-order valence-electron chi connectivity index (χ2n) is 3.72. The summed E-state index contributed by atoms with van der Waals surface area (Å²) in [5.74, 6) is 12.8. The Hall–Kier alpha value is -0.663. The second-order valence-corrected chi connectivity index (χ2v) is 8.76. The molecule has 0 amide bonds. The molecule has 1 heteroatoms. The molecule has 1 heterocycles. The first-order valence-electron chi connectivity index (χ1n) is 4.12. The van der Waals surface area contributed by atoms with Crippen LogP contribution in [0.25, 0.3) is 0 Å². The van der Waals surface area contributed by atoms with Gasteiger partial charge >= 0.3 is 0 Å². The van der Waals surface area contributed by atoms with Crippen LogP contribution in [-0.2, 0) is 0 Å². The lowest BCUT2D eigenvalue weighted by Gasteiger charge is -2.14. The van der Waals surface area contributed by atoms with Gasteiger partial charge in [0.25, 0.3) is 0 Å². The van der Waals surface area contributed by atoms with Crippen molar-refractivity contribution in [1.82, 2.24) is 0 Å². The van der Waals surface area contributed by atoms with Crippen LogP contribution in [0, 0.1) is 23.7 Å². The van der Waals surface area contributed by atoms with E-state index in [2.05, 4.69) is 36.8 Å². The lowest BCUT2D eigenvalue weighted by molar-refractivity contribution is 1.12. The molecular formula is C10H14Si. The summed E-state index contributed by atoms with van der Waals surface area (Å²) in [6, 6.07) is 2.25.